The lowest BCUT2D eigenvalue weighted by atomic mass is 10.3. The highest BCUT2D eigenvalue weighted by atomic mass is 35.5. The van der Waals surface area contributed by atoms with Gasteiger partial charge in [-0.1, -0.05) is 0 Å². The molecule has 0 bridgehead atoms. The van der Waals surface area contributed by atoms with E-state index in [1.165, 1.54) is 0 Å². The Morgan fingerprint density at radius 1 is 0.769 bits per heavy atom. The molecule has 8 nitrogen and oxygen atoms in total. The van der Waals surface area contributed by atoms with Crippen LogP contribution in [0.5, 0.6) is 11.5 Å². The average molecular weight is 411 g/mol. The van der Waals surface area contributed by atoms with Crippen molar-refractivity contribution in [3.8, 4) is 11.5 Å². The van der Waals surface area contributed by atoms with E-state index in [0.717, 1.165) is 0 Å². The fraction of sp³-hybridized carbons (Fsp3) is 0.500. The molecule has 2 N–H and O–H groups in total. The molecular formula is C16H20Cl2O8. The molecule has 26 heavy (non-hydrogen) atoms. The molecule has 0 aliphatic carbocycles. The third kappa shape index (κ3) is 9.67. The monoisotopic (exact) mass is 410 g/mol. The lowest BCUT2D eigenvalue weighted by Crippen LogP contribution is -2.25. The van der Waals surface area contributed by atoms with Gasteiger partial charge in [-0.2, -0.15) is 0 Å². The Balaban J connectivity index is 2.28. The molecule has 0 aliphatic heterocycles. The van der Waals surface area contributed by atoms with Gasteiger partial charge in [-0.05, 0) is 24.3 Å². The number of carbonyl (C=O) groups excluding carboxylic acids is 2. The van der Waals surface area contributed by atoms with Crippen molar-refractivity contribution in [3.05, 3.63) is 24.3 Å². The lowest BCUT2D eigenvalue weighted by molar-refractivity contribution is -0.144. The van der Waals surface area contributed by atoms with E-state index < -0.39 is 24.1 Å². The number of rotatable bonds is 12. The van der Waals surface area contributed by atoms with E-state index >= 15 is 0 Å². The van der Waals surface area contributed by atoms with Crippen LogP contribution in [-0.2, 0) is 19.1 Å². The number of hydrogen-bond acceptors (Lipinski definition) is 8. The van der Waals surface area contributed by atoms with Gasteiger partial charge in [0.05, 0.1) is 0 Å². The zero-order valence-corrected chi connectivity index (χ0v) is 15.3. The molecule has 2 atom stereocenters. The molecule has 0 spiro atoms. The molecule has 146 valence electrons. The van der Waals surface area contributed by atoms with Crippen molar-refractivity contribution in [3.63, 3.8) is 0 Å². The van der Waals surface area contributed by atoms with Gasteiger partial charge >= 0.3 is 11.9 Å². The normalized spacial score (nSPS) is 12.8. The van der Waals surface area contributed by atoms with Crippen molar-refractivity contribution in [1.29, 1.82) is 0 Å². The van der Waals surface area contributed by atoms with Crippen LogP contribution in [0, 0.1) is 0 Å². The summed E-state index contributed by atoms with van der Waals surface area (Å²) in [5, 5.41) is 19.2. The summed E-state index contributed by atoms with van der Waals surface area (Å²) < 4.78 is 20.0. The Hall–Kier alpha value is -1.74. The minimum absolute atomic E-state index is 0.0690. The fourth-order valence-electron chi connectivity index (χ4n) is 1.57. The van der Waals surface area contributed by atoms with Gasteiger partial charge in [0.15, 0.2) is 0 Å². The second kappa shape index (κ2) is 12.6. The summed E-state index contributed by atoms with van der Waals surface area (Å²) >= 11 is 10.5. The number of halogens is 2. The number of carbonyl (C=O) groups is 2. The molecule has 0 heterocycles. The maximum absolute atomic E-state index is 10.9. The first-order valence-electron chi connectivity index (χ1n) is 7.59. The number of aliphatic hydroxyl groups excluding tert-OH is 2. The number of aliphatic hydroxyl groups is 2. The van der Waals surface area contributed by atoms with Crippen molar-refractivity contribution in [2.45, 2.75) is 12.2 Å². The van der Waals surface area contributed by atoms with Gasteiger partial charge in [0.2, 0.25) is 0 Å². The first-order chi connectivity index (χ1) is 12.4. The summed E-state index contributed by atoms with van der Waals surface area (Å²) in [4.78, 5) is 21.7. The van der Waals surface area contributed by atoms with E-state index in [9.17, 15) is 19.8 Å². The van der Waals surface area contributed by atoms with Gasteiger partial charge in [-0.3, -0.25) is 9.59 Å². The van der Waals surface area contributed by atoms with Gasteiger partial charge in [0, 0.05) is 0 Å². The second-order valence-electron chi connectivity index (χ2n) is 5.03. The van der Waals surface area contributed by atoms with Gasteiger partial charge in [0.1, 0.15) is 61.9 Å². The fourth-order valence-corrected chi connectivity index (χ4v) is 1.72. The smallest absolute Gasteiger partial charge is 0.320 e. The van der Waals surface area contributed by atoms with E-state index in [2.05, 4.69) is 9.47 Å². The molecule has 0 saturated carbocycles. The quantitative estimate of drug-likeness (QED) is 0.383. The molecule has 0 amide bonds. The average Bonchev–Trinajstić information content (AvgIpc) is 2.67. The predicted octanol–water partition coefficient (Wildman–Crippen LogP) is 0.730. The number of alkyl halides is 2. The highest BCUT2D eigenvalue weighted by molar-refractivity contribution is 6.26. The van der Waals surface area contributed by atoms with Gasteiger partial charge in [-0.15, -0.1) is 23.2 Å². The molecule has 1 rings (SSSR count). The van der Waals surface area contributed by atoms with Crippen LogP contribution in [0.15, 0.2) is 24.3 Å². The summed E-state index contributed by atoms with van der Waals surface area (Å²) in [6, 6.07) is 6.42. The topological polar surface area (TPSA) is 112 Å². The maximum atomic E-state index is 10.9. The Bertz CT molecular complexity index is 503. The van der Waals surface area contributed by atoms with Crippen LogP contribution < -0.4 is 9.47 Å². The van der Waals surface area contributed by atoms with Crippen LogP contribution in [0.1, 0.15) is 0 Å². The number of ether oxygens (including phenoxy) is 4. The first kappa shape index (κ1) is 22.3. The van der Waals surface area contributed by atoms with Crippen LogP contribution in [0.2, 0.25) is 0 Å². The van der Waals surface area contributed by atoms with E-state index in [0.29, 0.717) is 11.5 Å². The number of hydrogen-bond donors (Lipinski definition) is 2. The maximum Gasteiger partial charge on any atom is 0.320 e. The molecule has 0 fully saturated rings. The van der Waals surface area contributed by atoms with Crippen molar-refractivity contribution in [2.24, 2.45) is 0 Å². The Labute approximate surface area is 160 Å². The van der Waals surface area contributed by atoms with E-state index in [1.807, 2.05) is 0 Å². The van der Waals surface area contributed by atoms with Crippen LogP contribution >= 0.6 is 23.2 Å². The standard InChI is InChI=1S/C16H20Cl2O8/c17-5-15(21)25-9-11(19)7-23-13-1-2-14(4-3-13)24-8-12(20)10-26-16(22)6-18/h1-4,11-12,19-20H,5-10H2/t11-,12+. The van der Waals surface area contributed by atoms with Gasteiger partial charge in [-0.25, -0.2) is 0 Å². The van der Waals surface area contributed by atoms with Crippen LogP contribution in [0.25, 0.3) is 0 Å². The largest absolute Gasteiger partial charge is 0.491 e. The van der Waals surface area contributed by atoms with Crippen molar-refractivity contribution >= 4 is 35.1 Å². The summed E-state index contributed by atoms with van der Waals surface area (Å²) in [7, 11) is 0. The zero-order chi connectivity index (χ0) is 19.4. The van der Waals surface area contributed by atoms with Gasteiger partial charge < -0.3 is 29.2 Å². The molecule has 0 aromatic heterocycles. The molecule has 1 aromatic carbocycles. The van der Waals surface area contributed by atoms with Crippen molar-refractivity contribution < 1.29 is 38.7 Å². The Kier molecular flexibility index (Phi) is 10.8. The second-order valence-corrected chi connectivity index (χ2v) is 5.57. The van der Waals surface area contributed by atoms with E-state index in [4.69, 9.17) is 32.7 Å². The van der Waals surface area contributed by atoms with Crippen molar-refractivity contribution in [1.82, 2.24) is 0 Å². The van der Waals surface area contributed by atoms with Crippen molar-refractivity contribution in [2.75, 3.05) is 38.2 Å². The summed E-state index contributed by atoms with van der Waals surface area (Å²) in [5.41, 5.74) is 0. The zero-order valence-electron chi connectivity index (χ0n) is 13.8. The molecule has 0 saturated heterocycles. The van der Waals surface area contributed by atoms with E-state index in [1.54, 1.807) is 24.3 Å². The molecule has 0 aliphatic rings. The molecule has 1 aromatic rings. The van der Waals surface area contributed by atoms with Crippen LogP contribution in [0.4, 0.5) is 0 Å². The Morgan fingerprint density at radius 2 is 1.12 bits per heavy atom. The number of esters is 2. The molecule has 10 heteroatoms. The van der Waals surface area contributed by atoms with Crippen LogP contribution in [-0.4, -0.2) is 72.5 Å². The summed E-state index contributed by atoms with van der Waals surface area (Å²) in [6.07, 6.45) is -1.96. The van der Waals surface area contributed by atoms with Crippen LogP contribution in [0.3, 0.4) is 0 Å². The Morgan fingerprint density at radius 3 is 1.42 bits per heavy atom. The lowest BCUT2D eigenvalue weighted by Gasteiger charge is -2.14. The minimum Gasteiger partial charge on any atom is -0.491 e. The third-order valence-electron chi connectivity index (χ3n) is 2.80. The summed E-state index contributed by atoms with van der Waals surface area (Å²) in [6.45, 7) is -0.557. The third-order valence-corrected chi connectivity index (χ3v) is 3.24. The first-order valence-corrected chi connectivity index (χ1v) is 8.66. The minimum atomic E-state index is -0.982. The predicted molar refractivity (Wildman–Crippen MR) is 92.8 cm³/mol. The van der Waals surface area contributed by atoms with Gasteiger partial charge in [0.25, 0.3) is 0 Å². The SMILES string of the molecule is O=C(CCl)OC[C@@H](O)COc1ccc(OC[C@@H](O)COC(=O)CCl)cc1. The highest BCUT2D eigenvalue weighted by Crippen LogP contribution is 2.18. The van der Waals surface area contributed by atoms with E-state index in [-0.39, 0.29) is 38.2 Å². The molecule has 0 radical (unpaired) electrons. The molecular weight excluding hydrogens is 391 g/mol. The number of benzene rings is 1. The molecule has 0 unspecified atom stereocenters. The summed E-state index contributed by atoms with van der Waals surface area (Å²) in [5.74, 6) is -0.857. The highest BCUT2D eigenvalue weighted by Gasteiger charge is 2.10.